The molecule has 10 nitrogen and oxygen atoms in total. The largest absolute Gasteiger partial charge is 0.493 e. The Balaban J connectivity index is 1.45. The van der Waals surface area contributed by atoms with E-state index in [0.717, 1.165) is 5.56 Å². The second-order valence-electron chi connectivity index (χ2n) is 6.38. The van der Waals surface area contributed by atoms with Crippen molar-refractivity contribution in [1.82, 2.24) is 30.1 Å². The molecular weight excluding hydrogens is 400 g/mol. The van der Waals surface area contributed by atoms with E-state index in [0.29, 0.717) is 41.0 Å². The Kier molecular flexibility index (Phi) is 5.88. The molecule has 0 unspecified atom stereocenters. The minimum atomic E-state index is -0.213. The van der Waals surface area contributed by atoms with Crippen molar-refractivity contribution in [3.8, 4) is 28.8 Å². The van der Waals surface area contributed by atoms with E-state index in [2.05, 4.69) is 25.6 Å². The zero-order valence-corrected chi connectivity index (χ0v) is 17.0. The number of carbonyl (C=O) groups excluding carboxylic acids is 1. The Labute approximate surface area is 177 Å². The Morgan fingerprint density at radius 1 is 1.06 bits per heavy atom. The summed E-state index contributed by atoms with van der Waals surface area (Å²) in [5.41, 5.74) is 1.83. The maximum absolute atomic E-state index is 12.0. The molecule has 0 aliphatic carbocycles. The SMILES string of the molecule is COc1ccc(-c2nnc3ccc(OCCNC(=O)c4cccnc4)nn23)cc1OC. The zero-order valence-electron chi connectivity index (χ0n) is 17.0. The molecule has 1 amide bonds. The summed E-state index contributed by atoms with van der Waals surface area (Å²) >= 11 is 0. The fourth-order valence-electron chi connectivity index (χ4n) is 2.92. The van der Waals surface area contributed by atoms with Gasteiger partial charge in [-0.05, 0) is 36.4 Å². The number of hydrogen-bond donors (Lipinski definition) is 1. The van der Waals surface area contributed by atoms with Crippen LogP contribution in [0.25, 0.3) is 17.0 Å². The van der Waals surface area contributed by atoms with E-state index in [-0.39, 0.29) is 12.5 Å². The predicted octanol–water partition coefficient (Wildman–Crippen LogP) is 2.01. The van der Waals surface area contributed by atoms with Crippen LogP contribution in [0.5, 0.6) is 17.4 Å². The summed E-state index contributed by atoms with van der Waals surface area (Å²) in [6.45, 7) is 0.566. The number of nitrogens with one attached hydrogen (secondary N) is 1. The van der Waals surface area contributed by atoms with E-state index < -0.39 is 0 Å². The van der Waals surface area contributed by atoms with Gasteiger partial charge in [-0.2, -0.15) is 4.52 Å². The second-order valence-corrected chi connectivity index (χ2v) is 6.38. The monoisotopic (exact) mass is 420 g/mol. The number of benzene rings is 1. The summed E-state index contributed by atoms with van der Waals surface area (Å²) in [5, 5.41) is 15.6. The molecule has 0 saturated carbocycles. The highest BCUT2D eigenvalue weighted by Gasteiger charge is 2.13. The number of aromatic nitrogens is 5. The van der Waals surface area contributed by atoms with Crippen LogP contribution >= 0.6 is 0 Å². The Morgan fingerprint density at radius 2 is 1.94 bits per heavy atom. The summed E-state index contributed by atoms with van der Waals surface area (Å²) in [5.74, 6) is 1.89. The van der Waals surface area contributed by atoms with Crippen LogP contribution in [0.4, 0.5) is 0 Å². The van der Waals surface area contributed by atoms with Gasteiger partial charge in [0.15, 0.2) is 23.0 Å². The fraction of sp³-hybridized carbons (Fsp3) is 0.190. The van der Waals surface area contributed by atoms with Gasteiger partial charge in [0.1, 0.15) is 6.61 Å². The molecular formula is C21H20N6O4. The minimum Gasteiger partial charge on any atom is -0.493 e. The second kappa shape index (κ2) is 9.08. The van der Waals surface area contributed by atoms with Crippen molar-refractivity contribution >= 4 is 11.6 Å². The van der Waals surface area contributed by atoms with Crippen LogP contribution in [-0.4, -0.2) is 58.1 Å². The fourth-order valence-corrected chi connectivity index (χ4v) is 2.92. The van der Waals surface area contributed by atoms with Crippen molar-refractivity contribution < 1.29 is 19.0 Å². The van der Waals surface area contributed by atoms with Gasteiger partial charge in [-0.3, -0.25) is 9.78 Å². The highest BCUT2D eigenvalue weighted by Crippen LogP contribution is 2.31. The van der Waals surface area contributed by atoms with E-state index >= 15 is 0 Å². The lowest BCUT2D eigenvalue weighted by atomic mass is 10.2. The van der Waals surface area contributed by atoms with Gasteiger partial charge in [0.05, 0.1) is 26.3 Å². The van der Waals surface area contributed by atoms with Gasteiger partial charge in [-0.15, -0.1) is 15.3 Å². The molecule has 4 rings (SSSR count). The number of amides is 1. The van der Waals surface area contributed by atoms with Crippen molar-refractivity contribution in [1.29, 1.82) is 0 Å². The molecule has 0 saturated heterocycles. The first-order valence-electron chi connectivity index (χ1n) is 9.45. The summed E-state index contributed by atoms with van der Waals surface area (Å²) in [4.78, 5) is 16.0. The number of hydrogen-bond acceptors (Lipinski definition) is 8. The van der Waals surface area contributed by atoms with E-state index in [1.54, 1.807) is 61.3 Å². The molecule has 158 valence electrons. The van der Waals surface area contributed by atoms with Gasteiger partial charge in [-0.25, -0.2) is 0 Å². The molecule has 1 aromatic carbocycles. The topological polar surface area (TPSA) is 113 Å². The number of carbonyl (C=O) groups is 1. The Hall–Kier alpha value is -4.21. The van der Waals surface area contributed by atoms with E-state index in [1.165, 1.54) is 6.20 Å². The first-order chi connectivity index (χ1) is 15.2. The Bertz CT molecular complexity index is 1200. The lowest BCUT2D eigenvalue weighted by Crippen LogP contribution is -2.28. The highest BCUT2D eigenvalue weighted by atomic mass is 16.5. The third-order valence-corrected chi connectivity index (χ3v) is 4.44. The molecule has 1 N–H and O–H groups in total. The molecule has 4 aromatic rings. The molecule has 0 atom stereocenters. The summed E-state index contributed by atoms with van der Waals surface area (Å²) in [6.07, 6.45) is 3.12. The maximum Gasteiger partial charge on any atom is 0.252 e. The van der Waals surface area contributed by atoms with E-state index in [1.807, 2.05) is 6.07 Å². The van der Waals surface area contributed by atoms with Crippen molar-refractivity contribution in [2.75, 3.05) is 27.4 Å². The minimum absolute atomic E-state index is 0.213. The number of fused-ring (bicyclic) bond motifs is 1. The van der Waals surface area contributed by atoms with Crippen molar-refractivity contribution in [3.63, 3.8) is 0 Å². The van der Waals surface area contributed by atoms with Gasteiger partial charge in [0.25, 0.3) is 5.91 Å². The van der Waals surface area contributed by atoms with Crippen LogP contribution in [0.3, 0.4) is 0 Å². The molecule has 0 bridgehead atoms. The van der Waals surface area contributed by atoms with Crippen molar-refractivity contribution in [3.05, 3.63) is 60.4 Å². The molecule has 0 fully saturated rings. The van der Waals surface area contributed by atoms with Gasteiger partial charge in [0.2, 0.25) is 5.88 Å². The van der Waals surface area contributed by atoms with Gasteiger partial charge >= 0.3 is 0 Å². The summed E-state index contributed by atoms with van der Waals surface area (Å²) in [7, 11) is 3.15. The molecule has 0 aliphatic heterocycles. The van der Waals surface area contributed by atoms with Crippen LogP contribution in [0.15, 0.2) is 54.9 Å². The van der Waals surface area contributed by atoms with Crippen molar-refractivity contribution in [2.45, 2.75) is 0 Å². The van der Waals surface area contributed by atoms with Crippen LogP contribution in [-0.2, 0) is 0 Å². The number of nitrogens with zero attached hydrogens (tertiary/aromatic N) is 5. The van der Waals surface area contributed by atoms with E-state index in [9.17, 15) is 4.79 Å². The molecule has 0 radical (unpaired) electrons. The Morgan fingerprint density at radius 3 is 2.71 bits per heavy atom. The van der Waals surface area contributed by atoms with Gasteiger partial charge in [-0.1, -0.05) is 0 Å². The lowest BCUT2D eigenvalue weighted by Gasteiger charge is -2.09. The zero-order chi connectivity index (χ0) is 21.6. The standard InChI is InChI=1S/C21H20N6O4/c1-29-16-6-5-14(12-17(16)30-2)20-25-24-18-7-8-19(26-27(18)20)31-11-10-23-21(28)15-4-3-9-22-13-15/h3-9,12-13H,10-11H2,1-2H3,(H,23,28). The predicted molar refractivity (Wildman–Crippen MR) is 111 cm³/mol. The van der Waals surface area contributed by atoms with Crippen molar-refractivity contribution in [2.24, 2.45) is 0 Å². The molecule has 3 heterocycles. The smallest absolute Gasteiger partial charge is 0.252 e. The molecule has 0 spiro atoms. The summed E-state index contributed by atoms with van der Waals surface area (Å²) in [6, 6.07) is 12.3. The maximum atomic E-state index is 12.0. The van der Waals surface area contributed by atoms with Crippen LogP contribution < -0.4 is 19.5 Å². The quantitative estimate of drug-likeness (QED) is 0.431. The first kappa shape index (κ1) is 20.1. The molecule has 3 aromatic heterocycles. The molecule has 0 aliphatic rings. The highest BCUT2D eigenvalue weighted by molar-refractivity contribution is 5.93. The number of methoxy groups -OCH3 is 2. The van der Waals surface area contributed by atoms with Crippen LogP contribution in [0.2, 0.25) is 0 Å². The number of rotatable bonds is 8. The average Bonchev–Trinajstić information content (AvgIpc) is 3.25. The first-order valence-corrected chi connectivity index (χ1v) is 9.45. The number of pyridine rings is 1. The number of ether oxygens (including phenoxy) is 3. The van der Waals surface area contributed by atoms with Crippen LogP contribution in [0.1, 0.15) is 10.4 Å². The van der Waals surface area contributed by atoms with Gasteiger partial charge < -0.3 is 19.5 Å². The third kappa shape index (κ3) is 4.37. The lowest BCUT2D eigenvalue weighted by molar-refractivity contribution is 0.0946. The normalized spacial score (nSPS) is 10.6. The molecule has 31 heavy (non-hydrogen) atoms. The van der Waals surface area contributed by atoms with Gasteiger partial charge in [0, 0.05) is 24.0 Å². The average molecular weight is 420 g/mol. The van der Waals surface area contributed by atoms with E-state index in [4.69, 9.17) is 14.2 Å². The van der Waals surface area contributed by atoms with Crippen LogP contribution in [0, 0.1) is 0 Å². The molecule has 10 heteroatoms. The summed E-state index contributed by atoms with van der Waals surface area (Å²) < 4.78 is 17.9. The third-order valence-electron chi connectivity index (χ3n) is 4.44.